The summed E-state index contributed by atoms with van der Waals surface area (Å²) < 4.78 is 37.9. The molecule has 1 aromatic carbocycles. The fourth-order valence-corrected chi connectivity index (χ4v) is 7.47. The summed E-state index contributed by atoms with van der Waals surface area (Å²) in [6.45, 7) is 1.45. The van der Waals surface area contributed by atoms with E-state index in [-0.39, 0.29) is 6.61 Å². The third-order valence-electron chi connectivity index (χ3n) is 11.1. The van der Waals surface area contributed by atoms with Gasteiger partial charge in [0, 0.05) is 11.9 Å². The summed E-state index contributed by atoms with van der Waals surface area (Å²) in [4.78, 5) is 7.84. The van der Waals surface area contributed by atoms with Crippen LogP contribution in [0.25, 0.3) is 0 Å². The second-order valence-corrected chi connectivity index (χ2v) is 15.7. The van der Waals surface area contributed by atoms with Crippen molar-refractivity contribution in [2.45, 2.75) is 203 Å². The summed E-state index contributed by atoms with van der Waals surface area (Å²) in [5, 5.41) is 62.9. The van der Waals surface area contributed by atoms with E-state index in [1.165, 1.54) is 69.9 Å². The Bertz CT molecular complexity index is 1270. The molecule has 7 N–H and O–H groups in total. The fourth-order valence-electron chi connectivity index (χ4n) is 7.47. The molecule has 1 fully saturated rings. The van der Waals surface area contributed by atoms with Crippen LogP contribution in [0.4, 0.5) is 8.78 Å². The molecule has 0 saturated carbocycles. The number of rotatable bonds is 31. The van der Waals surface area contributed by atoms with Crippen molar-refractivity contribution in [2.24, 2.45) is 0 Å². The molecule has 0 aliphatic carbocycles. The lowest BCUT2D eigenvalue weighted by molar-refractivity contribution is -0.303. The van der Waals surface area contributed by atoms with Crippen molar-refractivity contribution in [2.75, 3.05) is 13.2 Å². The smallest absolute Gasteiger partial charge is 0.186 e. The quantitative estimate of drug-likeness (QED) is 0.0388. The van der Waals surface area contributed by atoms with E-state index in [4.69, 9.17) is 9.47 Å². The number of nitrogens with zero attached hydrogens (tertiary/aromatic N) is 1. The van der Waals surface area contributed by atoms with Crippen LogP contribution in [0.1, 0.15) is 165 Å². The van der Waals surface area contributed by atoms with Gasteiger partial charge < -0.3 is 45.1 Å². The number of nitrogens with one attached hydrogen (secondary N) is 1. The Morgan fingerprint density at radius 3 is 1.87 bits per heavy atom. The molecule has 0 amide bonds. The van der Waals surface area contributed by atoms with Crippen molar-refractivity contribution < 1.29 is 48.9 Å². The van der Waals surface area contributed by atoms with Crippen LogP contribution in [0.5, 0.6) is 0 Å². The van der Waals surface area contributed by atoms with E-state index >= 15 is 0 Å². The lowest BCUT2D eigenvalue weighted by Crippen LogP contribution is -2.59. The molecule has 8 atom stereocenters. The van der Waals surface area contributed by atoms with Crippen molar-refractivity contribution >= 4 is 0 Å². The van der Waals surface area contributed by atoms with Crippen LogP contribution in [0.3, 0.4) is 0 Å². The lowest BCUT2D eigenvalue weighted by Gasteiger charge is -2.40. The summed E-state index contributed by atoms with van der Waals surface area (Å²) in [6, 6.07) is 4.11. The van der Waals surface area contributed by atoms with E-state index in [0.29, 0.717) is 12.2 Å². The molecule has 1 aliphatic rings. The van der Waals surface area contributed by atoms with Crippen LogP contribution in [0.2, 0.25) is 0 Å². The molecule has 10 nitrogen and oxygen atoms in total. The summed E-state index contributed by atoms with van der Waals surface area (Å²) in [7, 11) is 0. The molecule has 1 saturated heterocycles. The number of imidazole rings is 1. The average Bonchev–Trinajstić information content (AvgIpc) is 3.65. The Balaban J connectivity index is 1.41. The first-order chi connectivity index (χ1) is 26.7. The second-order valence-electron chi connectivity index (χ2n) is 15.7. The maximum absolute atomic E-state index is 13.4. The first kappa shape index (κ1) is 47.3. The summed E-state index contributed by atoms with van der Waals surface area (Å²) in [6.07, 6.45) is 17.0. The highest BCUT2D eigenvalue weighted by molar-refractivity contribution is 5.17. The molecule has 0 radical (unpaired) electrons. The van der Waals surface area contributed by atoms with Gasteiger partial charge in [0.15, 0.2) is 17.9 Å². The number of aromatic nitrogens is 2. The number of aryl methyl sites for hydroxylation is 2. The minimum Gasteiger partial charge on any atom is -0.394 e. The molecule has 12 heteroatoms. The Morgan fingerprint density at radius 1 is 0.727 bits per heavy atom. The number of halogens is 2. The Morgan fingerprint density at radius 2 is 1.29 bits per heavy atom. The highest BCUT2D eigenvalue weighted by atomic mass is 19.2. The molecule has 1 aromatic heterocycles. The topological polar surface area (TPSA) is 169 Å². The van der Waals surface area contributed by atoms with Gasteiger partial charge in [-0.1, -0.05) is 129 Å². The van der Waals surface area contributed by atoms with Gasteiger partial charge in [-0.25, -0.2) is 13.8 Å². The molecular weight excluding hydrogens is 710 g/mol. The van der Waals surface area contributed by atoms with Crippen molar-refractivity contribution in [3.63, 3.8) is 0 Å². The van der Waals surface area contributed by atoms with Gasteiger partial charge in [-0.15, -0.1) is 0 Å². The van der Waals surface area contributed by atoms with Gasteiger partial charge in [-0.05, 0) is 49.8 Å². The first-order valence-corrected chi connectivity index (χ1v) is 21.4. The van der Waals surface area contributed by atoms with Crippen molar-refractivity contribution in [1.29, 1.82) is 0 Å². The number of aliphatic hydroxyl groups excluding tert-OH is 6. The van der Waals surface area contributed by atoms with Crippen LogP contribution >= 0.6 is 0 Å². The number of H-pyrrole nitrogens is 1. The van der Waals surface area contributed by atoms with Gasteiger partial charge in [0.05, 0.1) is 31.3 Å². The zero-order valence-corrected chi connectivity index (χ0v) is 33.3. The first-order valence-electron chi connectivity index (χ1n) is 21.4. The number of benzene rings is 1. The highest BCUT2D eigenvalue weighted by Crippen LogP contribution is 2.28. The summed E-state index contributed by atoms with van der Waals surface area (Å²) in [5.41, 5.74) is 1.72. The van der Waals surface area contributed by atoms with E-state index in [1.54, 1.807) is 12.3 Å². The number of hydrogen-bond acceptors (Lipinski definition) is 9. The van der Waals surface area contributed by atoms with Crippen molar-refractivity contribution in [3.8, 4) is 0 Å². The maximum atomic E-state index is 13.4. The van der Waals surface area contributed by atoms with E-state index in [9.17, 15) is 39.4 Å². The number of unbranched alkanes of at least 4 members (excludes halogenated alkanes) is 18. The van der Waals surface area contributed by atoms with E-state index in [1.807, 2.05) is 0 Å². The van der Waals surface area contributed by atoms with Crippen LogP contribution in [-0.2, 0) is 22.3 Å². The maximum Gasteiger partial charge on any atom is 0.186 e. The largest absolute Gasteiger partial charge is 0.394 e. The molecule has 316 valence electrons. The minimum absolute atomic E-state index is 0.201. The Hall–Kier alpha value is -2.03. The van der Waals surface area contributed by atoms with Gasteiger partial charge in [-0.2, -0.15) is 0 Å². The molecule has 3 rings (SSSR count). The number of aromatic amines is 1. The molecule has 0 spiro atoms. The van der Waals surface area contributed by atoms with Crippen LogP contribution in [-0.4, -0.2) is 96.7 Å². The lowest BCUT2D eigenvalue weighted by atomic mass is 9.94. The second kappa shape index (κ2) is 27.6. The average molecular weight is 783 g/mol. The number of ether oxygens (including phenoxy) is 2. The molecule has 1 aliphatic heterocycles. The predicted molar refractivity (Wildman–Crippen MR) is 209 cm³/mol. The third kappa shape index (κ3) is 17.6. The molecule has 2 aromatic rings. The number of aliphatic hydroxyl groups is 6. The predicted octanol–water partition coefficient (Wildman–Crippen LogP) is 7.31. The van der Waals surface area contributed by atoms with E-state index < -0.39 is 67.1 Å². The monoisotopic (exact) mass is 783 g/mol. The standard InChI is InChI=1S/C43H72F2N2O8/c1-2-3-4-5-6-7-8-9-10-15-18-21-24-36(49)38(50)33(30-54-43-41(53)40(52)39(51)37(29-48)55-43)42-46-28-32(47-42)23-20-17-14-12-11-13-16-19-22-31-25-26-34(44)35(45)27-31/h25-28,33,36-41,43,48-53H,2-24,29-30H2,1H3,(H,46,47)/t33-,36+,37?,38-,39?,40?,41?,43?/m0/s1. The number of hydrogen-bond donors (Lipinski definition) is 7. The fraction of sp³-hybridized carbons (Fsp3) is 0.791. The molecule has 55 heavy (non-hydrogen) atoms. The van der Waals surface area contributed by atoms with Gasteiger partial charge in [0.25, 0.3) is 0 Å². The van der Waals surface area contributed by atoms with Crippen molar-refractivity contribution in [1.82, 2.24) is 9.97 Å². The van der Waals surface area contributed by atoms with Crippen LogP contribution < -0.4 is 0 Å². The van der Waals surface area contributed by atoms with Gasteiger partial charge in [0.1, 0.15) is 30.2 Å². The van der Waals surface area contributed by atoms with Gasteiger partial charge in [-0.3, -0.25) is 0 Å². The van der Waals surface area contributed by atoms with Crippen molar-refractivity contribution in [3.05, 3.63) is 53.1 Å². The van der Waals surface area contributed by atoms with E-state index in [2.05, 4.69) is 16.9 Å². The van der Waals surface area contributed by atoms with Crippen LogP contribution in [0, 0.1) is 11.6 Å². The molecule has 2 heterocycles. The van der Waals surface area contributed by atoms with Gasteiger partial charge >= 0.3 is 0 Å². The Labute approximate surface area is 328 Å². The minimum atomic E-state index is -1.59. The Kier molecular flexibility index (Phi) is 23.7. The normalized spacial score (nSPS) is 21.9. The van der Waals surface area contributed by atoms with E-state index in [0.717, 1.165) is 94.7 Å². The molecular formula is C43H72F2N2O8. The molecule has 5 unspecified atom stereocenters. The van der Waals surface area contributed by atoms with Crippen LogP contribution in [0.15, 0.2) is 24.4 Å². The summed E-state index contributed by atoms with van der Waals surface area (Å²) >= 11 is 0. The molecule has 0 bridgehead atoms. The third-order valence-corrected chi connectivity index (χ3v) is 11.1. The zero-order valence-electron chi connectivity index (χ0n) is 33.3. The highest BCUT2D eigenvalue weighted by Gasteiger charge is 2.44. The summed E-state index contributed by atoms with van der Waals surface area (Å²) in [5.74, 6) is -1.96. The zero-order chi connectivity index (χ0) is 39.8. The SMILES string of the molecule is CCCCCCCCCCCCCC[C@@H](O)[C@@H](O)[C@H](COC1OC(CO)C(O)C(O)C1O)c1ncc(CCCCCCCCCCc2ccc(F)c(F)c2)[nH]1. The van der Waals surface area contributed by atoms with Gasteiger partial charge in [0.2, 0.25) is 0 Å².